The van der Waals surface area contributed by atoms with Crippen LogP contribution in [0.25, 0.3) is 0 Å². The summed E-state index contributed by atoms with van der Waals surface area (Å²) in [4.78, 5) is 6.48. The summed E-state index contributed by atoms with van der Waals surface area (Å²) >= 11 is 0. The second-order valence-corrected chi connectivity index (χ2v) is 6.05. The van der Waals surface area contributed by atoms with E-state index in [0.29, 0.717) is 6.61 Å². The molecule has 5 heteroatoms. The number of H-pyrrole nitrogens is 1. The maximum atomic E-state index is 5.81. The van der Waals surface area contributed by atoms with Crippen molar-refractivity contribution in [3.8, 4) is 5.75 Å². The lowest BCUT2D eigenvalue weighted by atomic mass is 10.1. The van der Waals surface area contributed by atoms with Crippen LogP contribution in [0.15, 0.2) is 55.0 Å². The monoisotopic (exact) mass is 320 g/mol. The Labute approximate surface area is 141 Å². The van der Waals surface area contributed by atoms with Gasteiger partial charge in [-0.05, 0) is 36.6 Å². The lowest BCUT2D eigenvalue weighted by Crippen LogP contribution is -2.28. The van der Waals surface area contributed by atoms with Gasteiger partial charge in [-0.25, -0.2) is 0 Å². The van der Waals surface area contributed by atoms with Crippen molar-refractivity contribution in [3.05, 3.63) is 71.8 Å². The molecule has 0 bridgehead atoms. The number of pyridine rings is 1. The molecule has 0 spiro atoms. The van der Waals surface area contributed by atoms with E-state index < -0.39 is 0 Å². The van der Waals surface area contributed by atoms with Crippen LogP contribution >= 0.6 is 0 Å². The summed E-state index contributed by atoms with van der Waals surface area (Å²) in [6, 6.07) is 12.3. The molecule has 122 valence electrons. The molecule has 3 aromatic rings. The van der Waals surface area contributed by atoms with E-state index in [-0.39, 0.29) is 0 Å². The summed E-state index contributed by atoms with van der Waals surface area (Å²) in [6.45, 7) is 2.51. The highest BCUT2D eigenvalue weighted by Crippen LogP contribution is 2.26. The number of aromatic amines is 1. The number of hydrogen-bond donors (Lipinski definition) is 1. The van der Waals surface area contributed by atoms with Crippen LogP contribution in [0.2, 0.25) is 0 Å². The predicted molar refractivity (Wildman–Crippen MR) is 93.0 cm³/mol. The largest absolute Gasteiger partial charge is 0.489 e. The number of anilines is 1. The van der Waals surface area contributed by atoms with Crippen molar-refractivity contribution in [1.82, 2.24) is 15.2 Å². The van der Waals surface area contributed by atoms with Crippen LogP contribution in [0.5, 0.6) is 5.75 Å². The van der Waals surface area contributed by atoms with Gasteiger partial charge >= 0.3 is 0 Å². The average Bonchev–Trinajstić information content (AvgIpc) is 3.12. The fourth-order valence-corrected chi connectivity index (χ4v) is 3.06. The molecule has 0 fully saturated rings. The first kappa shape index (κ1) is 14.8. The summed E-state index contributed by atoms with van der Waals surface area (Å²) in [6.07, 6.45) is 7.78. The van der Waals surface area contributed by atoms with Gasteiger partial charge in [0.2, 0.25) is 0 Å². The molecule has 4 rings (SSSR count). The zero-order valence-electron chi connectivity index (χ0n) is 13.5. The summed E-state index contributed by atoms with van der Waals surface area (Å²) in [7, 11) is 0. The van der Waals surface area contributed by atoms with E-state index in [2.05, 4.69) is 32.2 Å². The van der Waals surface area contributed by atoms with Gasteiger partial charge in [0.25, 0.3) is 0 Å². The second kappa shape index (κ2) is 6.74. The first-order chi connectivity index (χ1) is 11.9. The van der Waals surface area contributed by atoms with E-state index in [4.69, 9.17) is 4.74 Å². The standard InChI is InChI=1S/C19H20N4O/c1-3-16(11-20-9-1)14-24-17-7-5-15(6-8-17)13-23-10-2-4-18-19(23)12-21-22-18/h1,3,5-9,11-12H,2,4,10,13-14H2,(H,21,22). The minimum atomic E-state index is 0.539. The molecule has 0 saturated carbocycles. The second-order valence-electron chi connectivity index (χ2n) is 6.05. The molecule has 24 heavy (non-hydrogen) atoms. The van der Waals surface area contributed by atoms with Crippen molar-refractivity contribution in [2.75, 3.05) is 11.4 Å². The normalized spacial score (nSPS) is 13.6. The Bertz CT molecular complexity index is 783. The van der Waals surface area contributed by atoms with Gasteiger partial charge in [0.05, 0.1) is 17.6 Å². The molecule has 0 saturated heterocycles. The summed E-state index contributed by atoms with van der Waals surface area (Å²) in [5, 5.41) is 7.27. The van der Waals surface area contributed by atoms with Crippen LogP contribution in [0.4, 0.5) is 5.69 Å². The number of benzene rings is 1. The average molecular weight is 320 g/mol. The zero-order valence-corrected chi connectivity index (χ0v) is 13.5. The smallest absolute Gasteiger partial charge is 0.119 e. The van der Waals surface area contributed by atoms with Crippen molar-refractivity contribution < 1.29 is 4.74 Å². The molecule has 0 aliphatic carbocycles. The van der Waals surface area contributed by atoms with Gasteiger partial charge in [0, 0.05) is 31.0 Å². The number of fused-ring (bicyclic) bond motifs is 1. The number of rotatable bonds is 5. The maximum absolute atomic E-state index is 5.81. The van der Waals surface area contributed by atoms with Crippen molar-refractivity contribution in [1.29, 1.82) is 0 Å². The number of ether oxygens (including phenoxy) is 1. The predicted octanol–water partition coefficient (Wildman–Crippen LogP) is 3.34. The molecular formula is C19H20N4O. The molecule has 1 aromatic carbocycles. The van der Waals surface area contributed by atoms with Gasteiger partial charge in [-0.1, -0.05) is 18.2 Å². The van der Waals surface area contributed by atoms with Crippen LogP contribution in [-0.2, 0) is 19.6 Å². The molecule has 0 radical (unpaired) electrons. The highest BCUT2D eigenvalue weighted by Gasteiger charge is 2.18. The van der Waals surface area contributed by atoms with E-state index in [0.717, 1.165) is 30.8 Å². The molecule has 1 aliphatic heterocycles. The Kier molecular flexibility index (Phi) is 4.14. The van der Waals surface area contributed by atoms with Gasteiger partial charge in [0.15, 0.2) is 0 Å². The Morgan fingerprint density at radius 1 is 1.08 bits per heavy atom. The van der Waals surface area contributed by atoms with Gasteiger partial charge < -0.3 is 9.64 Å². The number of aryl methyl sites for hydroxylation is 1. The highest BCUT2D eigenvalue weighted by atomic mass is 16.5. The molecule has 0 amide bonds. The maximum Gasteiger partial charge on any atom is 0.119 e. The molecule has 1 N–H and O–H groups in total. The lowest BCUT2D eigenvalue weighted by molar-refractivity contribution is 0.305. The Morgan fingerprint density at radius 2 is 2.00 bits per heavy atom. The topological polar surface area (TPSA) is 54.0 Å². The molecule has 1 aliphatic rings. The molecule has 2 aromatic heterocycles. The molecule has 0 atom stereocenters. The van der Waals surface area contributed by atoms with E-state index in [1.54, 1.807) is 6.20 Å². The third-order valence-electron chi connectivity index (χ3n) is 4.32. The van der Waals surface area contributed by atoms with Crippen molar-refractivity contribution in [2.45, 2.75) is 26.0 Å². The van der Waals surface area contributed by atoms with Gasteiger partial charge in [0.1, 0.15) is 12.4 Å². The van der Waals surface area contributed by atoms with Crippen LogP contribution < -0.4 is 9.64 Å². The summed E-state index contributed by atoms with van der Waals surface area (Å²) < 4.78 is 5.81. The molecular weight excluding hydrogens is 300 g/mol. The minimum Gasteiger partial charge on any atom is -0.489 e. The van der Waals surface area contributed by atoms with E-state index in [1.165, 1.54) is 23.4 Å². The van der Waals surface area contributed by atoms with Gasteiger partial charge in [-0.2, -0.15) is 5.10 Å². The fraction of sp³-hybridized carbons (Fsp3) is 0.263. The Hall–Kier alpha value is -2.82. The minimum absolute atomic E-state index is 0.539. The van der Waals surface area contributed by atoms with Crippen molar-refractivity contribution in [2.24, 2.45) is 0 Å². The third kappa shape index (κ3) is 3.25. The van der Waals surface area contributed by atoms with Crippen LogP contribution in [0, 0.1) is 0 Å². The van der Waals surface area contributed by atoms with Crippen LogP contribution in [-0.4, -0.2) is 21.7 Å². The quantitative estimate of drug-likeness (QED) is 0.783. The molecule has 5 nitrogen and oxygen atoms in total. The third-order valence-corrected chi connectivity index (χ3v) is 4.32. The van der Waals surface area contributed by atoms with Crippen molar-refractivity contribution >= 4 is 5.69 Å². The van der Waals surface area contributed by atoms with Crippen LogP contribution in [0.3, 0.4) is 0 Å². The number of nitrogens with zero attached hydrogens (tertiary/aromatic N) is 3. The number of aromatic nitrogens is 3. The van der Waals surface area contributed by atoms with Crippen LogP contribution in [0.1, 0.15) is 23.2 Å². The first-order valence-electron chi connectivity index (χ1n) is 8.26. The number of hydrogen-bond acceptors (Lipinski definition) is 4. The zero-order chi connectivity index (χ0) is 16.2. The summed E-state index contributed by atoms with van der Waals surface area (Å²) in [5.74, 6) is 0.880. The van der Waals surface area contributed by atoms with E-state index in [9.17, 15) is 0 Å². The highest BCUT2D eigenvalue weighted by molar-refractivity contribution is 5.51. The lowest BCUT2D eigenvalue weighted by Gasteiger charge is -2.28. The van der Waals surface area contributed by atoms with E-state index in [1.807, 2.05) is 36.7 Å². The number of nitrogens with one attached hydrogen (secondary N) is 1. The first-order valence-corrected chi connectivity index (χ1v) is 8.26. The van der Waals surface area contributed by atoms with Crippen molar-refractivity contribution in [3.63, 3.8) is 0 Å². The summed E-state index contributed by atoms with van der Waals surface area (Å²) in [5.41, 5.74) is 4.83. The van der Waals surface area contributed by atoms with Gasteiger partial charge in [-0.3, -0.25) is 10.1 Å². The SMILES string of the molecule is c1cncc(COc2ccc(CN3CCCc4[nH]ncc43)cc2)c1. The van der Waals surface area contributed by atoms with E-state index >= 15 is 0 Å². The fourth-order valence-electron chi connectivity index (χ4n) is 3.06. The Morgan fingerprint density at radius 3 is 2.83 bits per heavy atom. The van der Waals surface area contributed by atoms with Gasteiger partial charge in [-0.15, -0.1) is 0 Å². The molecule has 3 heterocycles. The Balaban J connectivity index is 1.38. The molecule has 0 unspecified atom stereocenters.